The van der Waals surface area contributed by atoms with Gasteiger partial charge in [0.2, 0.25) is 0 Å². The lowest BCUT2D eigenvalue weighted by molar-refractivity contribution is 0.357. The van der Waals surface area contributed by atoms with Gasteiger partial charge in [-0.2, -0.15) is 0 Å². The summed E-state index contributed by atoms with van der Waals surface area (Å²) in [5.74, 6) is 0.536. The van der Waals surface area contributed by atoms with Crippen molar-refractivity contribution in [1.82, 2.24) is 4.98 Å². The monoisotopic (exact) mass is 239 g/mol. The van der Waals surface area contributed by atoms with E-state index >= 15 is 0 Å². The van der Waals surface area contributed by atoms with Crippen molar-refractivity contribution in [3.05, 3.63) is 66.0 Å². The number of benzene rings is 1. The molecule has 94 valence electrons. The zero-order valence-corrected chi connectivity index (χ0v) is 11.4. The van der Waals surface area contributed by atoms with Gasteiger partial charge in [-0.05, 0) is 29.5 Å². The van der Waals surface area contributed by atoms with Crippen molar-refractivity contribution >= 4 is 0 Å². The van der Waals surface area contributed by atoms with Crippen LogP contribution in [-0.2, 0) is 5.41 Å². The smallest absolute Gasteiger partial charge is 0.0309 e. The third-order valence-electron chi connectivity index (χ3n) is 4.01. The molecule has 1 aromatic carbocycles. The van der Waals surface area contributed by atoms with E-state index in [2.05, 4.69) is 62.2 Å². The molecule has 0 saturated carbocycles. The number of pyridine rings is 1. The zero-order valence-electron chi connectivity index (χ0n) is 11.4. The second kappa shape index (κ2) is 5.34. The molecule has 0 aliphatic carbocycles. The second-order valence-corrected chi connectivity index (χ2v) is 5.09. The molecule has 0 spiro atoms. The molecule has 0 radical (unpaired) electrons. The summed E-state index contributed by atoms with van der Waals surface area (Å²) in [4.78, 5) is 4.31. The van der Waals surface area contributed by atoms with Crippen LogP contribution in [0.1, 0.15) is 38.3 Å². The minimum Gasteiger partial charge on any atom is -0.264 e. The summed E-state index contributed by atoms with van der Waals surface area (Å²) in [6, 6.07) is 15.0. The molecule has 1 heteroatoms. The van der Waals surface area contributed by atoms with E-state index in [1.54, 1.807) is 0 Å². The normalized spacial score (nSPS) is 14.4. The van der Waals surface area contributed by atoms with Crippen LogP contribution in [0.25, 0.3) is 0 Å². The van der Waals surface area contributed by atoms with Gasteiger partial charge in [0, 0.05) is 17.8 Å². The molecule has 0 aliphatic rings. The fourth-order valence-corrected chi connectivity index (χ4v) is 3.01. The number of hydrogen-bond donors (Lipinski definition) is 0. The van der Waals surface area contributed by atoms with E-state index in [0.29, 0.717) is 5.92 Å². The van der Waals surface area contributed by atoms with Gasteiger partial charge >= 0.3 is 0 Å². The third-order valence-corrected chi connectivity index (χ3v) is 4.01. The molecule has 0 fully saturated rings. The highest BCUT2D eigenvalue weighted by Gasteiger charge is 2.35. The summed E-state index contributed by atoms with van der Waals surface area (Å²) in [6.07, 6.45) is 4.94. The Balaban J connectivity index is 2.61. The van der Waals surface area contributed by atoms with E-state index in [9.17, 15) is 0 Å². The van der Waals surface area contributed by atoms with E-state index in [1.807, 2.05) is 18.5 Å². The van der Waals surface area contributed by atoms with Crippen molar-refractivity contribution in [3.8, 4) is 0 Å². The Morgan fingerprint density at radius 2 is 1.67 bits per heavy atom. The van der Waals surface area contributed by atoms with Crippen LogP contribution < -0.4 is 0 Å². The summed E-state index contributed by atoms with van der Waals surface area (Å²) in [5.41, 5.74) is 2.76. The predicted molar refractivity (Wildman–Crippen MR) is 76.6 cm³/mol. The van der Waals surface area contributed by atoms with Crippen LogP contribution in [0.15, 0.2) is 54.9 Å². The molecule has 1 heterocycles. The van der Waals surface area contributed by atoms with Crippen molar-refractivity contribution in [2.45, 2.75) is 32.6 Å². The molecule has 2 rings (SSSR count). The van der Waals surface area contributed by atoms with Crippen molar-refractivity contribution in [1.29, 1.82) is 0 Å². The molecular weight excluding hydrogens is 218 g/mol. The van der Waals surface area contributed by atoms with Crippen LogP contribution in [0.3, 0.4) is 0 Å². The molecule has 1 unspecified atom stereocenters. The highest BCUT2D eigenvalue weighted by atomic mass is 14.6. The third kappa shape index (κ3) is 2.05. The first-order valence-corrected chi connectivity index (χ1v) is 6.68. The van der Waals surface area contributed by atoms with E-state index in [-0.39, 0.29) is 5.41 Å². The average molecular weight is 239 g/mol. The largest absolute Gasteiger partial charge is 0.264 e. The number of rotatable bonds is 4. The lowest BCUT2D eigenvalue weighted by Gasteiger charge is -2.38. The number of nitrogens with zero attached hydrogens (tertiary/aromatic N) is 1. The van der Waals surface area contributed by atoms with Crippen molar-refractivity contribution in [2.24, 2.45) is 5.92 Å². The summed E-state index contributed by atoms with van der Waals surface area (Å²) in [6.45, 7) is 6.85. The van der Waals surface area contributed by atoms with Crippen LogP contribution in [-0.4, -0.2) is 4.98 Å². The topological polar surface area (TPSA) is 12.9 Å². The van der Waals surface area contributed by atoms with E-state index in [1.165, 1.54) is 11.1 Å². The summed E-state index contributed by atoms with van der Waals surface area (Å²) >= 11 is 0. The van der Waals surface area contributed by atoms with Gasteiger partial charge in [-0.15, -0.1) is 0 Å². The Hall–Kier alpha value is -1.63. The maximum absolute atomic E-state index is 4.31. The SMILES string of the molecule is CCC(c1ccccc1)(c1cccnc1)C(C)C. The highest BCUT2D eigenvalue weighted by Crippen LogP contribution is 2.41. The first kappa shape index (κ1) is 12.8. The van der Waals surface area contributed by atoms with Crippen LogP contribution in [0.5, 0.6) is 0 Å². The molecule has 0 amide bonds. The van der Waals surface area contributed by atoms with Gasteiger partial charge < -0.3 is 0 Å². The maximum atomic E-state index is 4.31. The lowest BCUT2D eigenvalue weighted by atomic mass is 9.66. The molecule has 0 saturated heterocycles. The predicted octanol–water partition coefficient (Wildman–Crippen LogP) is 4.43. The maximum Gasteiger partial charge on any atom is 0.0309 e. The van der Waals surface area contributed by atoms with Crippen LogP contribution in [0.2, 0.25) is 0 Å². The minimum absolute atomic E-state index is 0.0650. The lowest BCUT2D eigenvalue weighted by Crippen LogP contribution is -2.33. The van der Waals surface area contributed by atoms with Crippen molar-refractivity contribution in [3.63, 3.8) is 0 Å². The standard InChI is InChI=1S/C17H21N/c1-4-17(14(2)3,15-9-6-5-7-10-15)16-11-8-12-18-13-16/h5-14H,4H2,1-3H3. The Morgan fingerprint density at radius 1 is 1.00 bits per heavy atom. The van der Waals surface area contributed by atoms with Crippen molar-refractivity contribution in [2.75, 3.05) is 0 Å². The first-order valence-electron chi connectivity index (χ1n) is 6.68. The van der Waals surface area contributed by atoms with Crippen LogP contribution >= 0.6 is 0 Å². The van der Waals surface area contributed by atoms with Crippen molar-refractivity contribution < 1.29 is 0 Å². The van der Waals surface area contributed by atoms with Gasteiger partial charge in [0.1, 0.15) is 0 Å². The Labute approximate surface area is 110 Å². The van der Waals surface area contributed by atoms with Crippen LogP contribution in [0.4, 0.5) is 0 Å². The van der Waals surface area contributed by atoms with E-state index in [4.69, 9.17) is 0 Å². The summed E-state index contributed by atoms with van der Waals surface area (Å²) in [7, 11) is 0. The molecule has 1 nitrogen and oxygen atoms in total. The van der Waals surface area contributed by atoms with Crippen LogP contribution in [0, 0.1) is 5.92 Å². The molecule has 18 heavy (non-hydrogen) atoms. The molecule has 0 bridgehead atoms. The average Bonchev–Trinajstić information content (AvgIpc) is 2.42. The summed E-state index contributed by atoms with van der Waals surface area (Å²) in [5, 5.41) is 0. The Kier molecular flexibility index (Phi) is 3.81. The highest BCUT2D eigenvalue weighted by molar-refractivity contribution is 5.38. The Bertz CT molecular complexity index is 434. The fraction of sp³-hybridized carbons (Fsp3) is 0.353. The first-order chi connectivity index (χ1) is 8.71. The zero-order chi connectivity index (χ0) is 13.0. The molecular formula is C17H21N. The van der Waals surface area contributed by atoms with Gasteiger partial charge in [-0.1, -0.05) is 57.2 Å². The minimum atomic E-state index is 0.0650. The Morgan fingerprint density at radius 3 is 2.17 bits per heavy atom. The van der Waals surface area contributed by atoms with Gasteiger partial charge in [0.05, 0.1) is 0 Å². The molecule has 0 N–H and O–H groups in total. The van der Waals surface area contributed by atoms with Gasteiger partial charge in [-0.25, -0.2) is 0 Å². The molecule has 1 atom stereocenters. The summed E-state index contributed by atoms with van der Waals surface area (Å²) < 4.78 is 0. The quantitative estimate of drug-likeness (QED) is 0.769. The molecule has 0 aliphatic heterocycles. The van der Waals surface area contributed by atoms with Gasteiger partial charge in [0.15, 0.2) is 0 Å². The fourth-order valence-electron chi connectivity index (χ4n) is 3.01. The molecule has 1 aromatic heterocycles. The number of hydrogen-bond acceptors (Lipinski definition) is 1. The molecule has 2 aromatic rings. The van der Waals surface area contributed by atoms with Gasteiger partial charge in [0.25, 0.3) is 0 Å². The second-order valence-electron chi connectivity index (χ2n) is 5.09. The van der Waals surface area contributed by atoms with E-state index in [0.717, 1.165) is 6.42 Å². The van der Waals surface area contributed by atoms with E-state index < -0.39 is 0 Å². The number of aromatic nitrogens is 1. The van der Waals surface area contributed by atoms with Gasteiger partial charge in [-0.3, -0.25) is 4.98 Å².